The molecule has 0 aromatic rings. The zero-order valence-electron chi connectivity index (χ0n) is 8.74. The maximum atomic E-state index is 4.38. The van der Waals surface area contributed by atoms with E-state index in [1.165, 1.54) is 5.57 Å². The lowest BCUT2D eigenvalue weighted by Crippen LogP contribution is -2.16. The van der Waals surface area contributed by atoms with Gasteiger partial charge in [0, 0.05) is 36.8 Å². The van der Waals surface area contributed by atoms with E-state index in [-0.39, 0.29) is 0 Å². The number of fused-ring (bicyclic) bond motifs is 2. The summed E-state index contributed by atoms with van der Waals surface area (Å²) >= 11 is 0. The van der Waals surface area contributed by atoms with Crippen molar-refractivity contribution >= 4 is 12.4 Å². The van der Waals surface area contributed by atoms with Crippen molar-refractivity contribution in [1.29, 1.82) is 0 Å². The highest BCUT2D eigenvalue weighted by Crippen LogP contribution is 2.26. The minimum Gasteiger partial charge on any atom is -0.320 e. The van der Waals surface area contributed by atoms with E-state index in [1.54, 1.807) is 6.20 Å². The van der Waals surface area contributed by atoms with Gasteiger partial charge >= 0.3 is 0 Å². The van der Waals surface area contributed by atoms with Crippen molar-refractivity contribution in [2.45, 2.75) is 6.42 Å². The lowest BCUT2D eigenvalue weighted by atomic mass is 10.1. The van der Waals surface area contributed by atoms with Gasteiger partial charge in [0.15, 0.2) is 0 Å². The van der Waals surface area contributed by atoms with Crippen molar-refractivity contribution in [2.75, 3.05) is 0 Å². The third-order valence-corrected chi connectivity index (χ3v) is 2.57. The van der Waals surface area contributed by atoms with Crippen LogP contribution in [0.25, 0.3) is 0 Å². The summed E-state index contributed by atoms with van der Waals surface area (Å²) in [6.07, 6.45) is 18.6. The highest BCUT2D eigenvalue weighted by atomic mass is 15.1. The van der Waals surface area contributed by atoms with Gasteiger partial charge < -0.3 is 4.90 Å². The van der Waals surface area contributed by atoms with Crippen LogP contribution in [0.5, 0.6) is 0 Å². The zero-order valence-corrected chi connectivity index (χ0v) is 8.74. The molecule has 0 spiro atoms. The van der Waals surface area contributed by atoms with Gasteiger partial charge in [-0.1, -0.05) is 6.08 Å². The Morgan fingerprint density at radius 3 is 3.25 bits per heavy atom. The molecule has 78 valence electrons. The van der Waals surface area contributed by atoms with Gasteiger partial charge in [-0.15, -0.1) is 0 Å². The normalized spacial score (nSPS) is 21.5. The first-order valence-electron chi connectivity index (χ1n) is 5.25. The first kappa shape index (κ1) is 9.09. The van der Waals surface area contributed by atoms with Crippen molar-refractivity contribution in [3.05, 3.63) is 59.9 Å². The number of dihydropyridines is 1. The first-order valence-corrected chi connectivity index (χ1v) is 5.25. The summed E-state index contributed by atoms with van der Waals surface area (Å²) in [6.45, 7) is 0. The van der Waals surface area contributed by atoms with Gasteiger partial charge in [-0.05, 0) is 18.2 Å². The first-order chi connectivity index (χ1) is 7.93. The van der Waals surface area contributed by atoms with Crippen molar-refractivity contribution in [1.82, 2.24) is 4.90 Å². The van der Waals surface area contributed by atoms with Gasteiger partial charge in [0.25, 0.3) is 0 Å². The van der Waals surface area contributed by atoms with Crippen LogP contribution in [0, 0.1) is 0 Å². The van der Waals surface area contributed by atoms with E-state index in [2.05, 4.69) is 22.1 Å². The lowest BCUT2D eigenvalue weighted by molar-refractivity contribution is 0.648. The largest absolute Gasteiger partial charge is 0.320 e. The van der Waals surface area contributed by atoms with Crippen LogP contribution in [0.3, 0.4) is 0 Å². The minimum atomic E-state index is 0.906. The molecule has 0 N–H and O–H groups in total. The molecule has 0 unspecified atom stereocenters. The highest BCUT2D eigenvalue weighted by Gasteiger charge is 2.15. The second-order valence-corrected chi connectivity index (χ2v) is 3.66. The van der Waals surface area contributed by atoms with E-state index in [1.807, 2.05) is 41.9 Å². The molecule has 0 aromatic carbocycles. The molecular formula is C13H11N3. The van der Waals surface area contributed by atoms with Crippen LogP contribution in [-0.4, -0.2) is 17.3 Å². The molecular weight excluding hydrogens is 198 g/mol. The standard InChI is InChI=1S/C13H11N3/c1-2-7-16-10-13-11(4-3-6-15-13)8-12(16)9-14-5-1/h1-2,4-10H,3H2. The number of allylic oxidation sites excluding steroid dienone is 5. The summed E-state index contributed by atoms with van der Waals surface area (Å²) in [5.41, 5.74) is 3.25. The van der Waals surface area contributed by atoms with Gasteiger partial charge in [-0.25, -0.2) is 0 Å². The smallest absolute Gasteiger partial charge is 0.0861 e. The quantitative estimate of drug-likeness (QED) is 0.602. The molecule has 0 bridgehead atoms. The Balaban J connectivity index is 2.06. The predicted molar refractivity (Wildman–Crippen MR) is 66.0 cm³/mol. The van der Waals surface area contributed by atoms with Crippen LogP contribution >= 0.6 is 0 Å². The summed E-state index contributed by atoms with van der Waals surface area (Å²) in [5.74, 6) is 0. The Labute approximate surface area is 94.2 Å². The van der Waals surface area contributed by atoms with Crippen LogP contribution in [0.4, 0.5) is 0 Å². The maximum Gasteiger partial charge on any atom is 0.0861 e. The van der Waals surface area contributed by atoms with Crippen LogP contribution < -0.4 is 0 Å². The third kappa shape index (κ3) is 1.56. The summed E-state index contributed by atoms with van der Waals surface area (Å²) in [6, 6.07) is 0. The number of hydrogen-bond donors (Lipinski definition) is 0. The van der Waals surface area contributed by atoms with Gasteiger partial charge in [-0.2, -0.15) is 0 Å². The number of rotatable bonds is 0. The molecule has 0 saturated carbocycles. The molecule has 3 heterocycles. The van der Waals surface area contributed by atoms with E-state index in [0.717, 1.165) is 17.8 Å². The molecule has 3 aliphatic heterocycles. The average molecular weight is 209 g/mol. The Morgan fingerprint density at radius 2 is 2.25 bits per heavy atom. The van der Waals surface area contributed by atoms with Gasteiger partial charge in [0.2, 0.25) is 0 Å². The van der Waals surface area contributed by atoms with Crippen LogP contribution in [0.15, 0.2) is 69.9 Å². The van der Waals surface area contributed by atoms with E-state index in [4.69, 9.17) is 0 Å². The molecule has 0 fully saturated rings. The molecule has 3 heteroatoms. The second kappa shape index (κ2) is 3.77. The summed E-state index contributed by atoms with van der Waals surface area (Å²) in [7, 11) is 0. The minimum absolute atomic E-state index is 0.906. The summed E-state index contributed by atoms with van der Waals surface area (Å²) in [4.78, 5) is 10.6. The van der Waals surface area contributed by atoms with E-state index in [0.29, 0.717) is 0 Å². The molecule has 3 rings (SSSR count). The van der Waals surface area contributed by atoms with Gasteiger partial charge in [-0.3, -0.25) is 9.98 Å². The van der Waals surface area contributed by atoms with Crippen molar-refractivity contribution in [3.63, 3.8) is 0 Å². The number of aliphatic imine (C=N–C) groups is 2. The Kier molecular flexibility index (Phi) is 2.14. The third-order valence-electron chi connectivity index (χ3n) is 2.57. The van der Waals surface area contributed by atoms with Gasteiger partial charge in [0.1, 0.15) is 0 Å². The number of nitrogens with zero attached hydrogens (tertiary/aromatic N) is 3. The van der Waals surface area contributed by atoms with Crippen molar-refractivity contribution in [2.24, 2.45) is 9.98 Å². The maximum absolute atomic E-state index is 4.38. The molecule has 0 aliphatic carbocycles. The Hall–Kier alpha value is -2.16. The van der Waals surface area contributed by atoms with E-state index in [9.17, 15) is 0 Å². The van der Waals surface area contributed by atoms with E-state index < -0.39 is 0 Å². The van der Waals surface area contributed by atoms with E-state index >= 15 is 0 Å². The van der Waals surface area contributed by atoms with Crippen molar-refractivity contribution < 1.29 is 0 Å². The Bertz CT molecular complexity index is 513. The zero-order chi connectivity index (χ0) is 10.8. The van der Waals surface area contributed by atoms with Gasteiger partial charge in [0.05, 0.1) is 17.6 Å². The highest BCUT2D eigenvalue weighted by molar-refractivity contribution is 5.82. The van der Waals surface area contributed by atoms with Crippen LogP contribution in [-0.2, 0) is 0 Å². The fraction of sp³-hybridized carbons (Fsp3) is 0.0769. The monoisotopic (exact) mass is 209 g/mol. The lowest BCUT2D eigenvalue weighted by Gasteiger charge is -2.24. The molecule has 3 aliphatic rings. The van der Waals surface area contributed by atoms with Crippen LogP contribution in [0.2, 0.25) is 0 Å². The molecule has 0 atom stereocenters. The fourth-order valence-corrected chi connectivity index (χ4v) is 1.78. The second-order valence-electron chi connectivity index (χ2n) is 3.66. The summed E-state index contributed by atoms with van der Waals surface area (Å²) in [5, 5.41) is 0. The average Bonchev–Trinajstić information content (AvgIpc) is 2.29. The molecule has 0 amide bonds. The summed E-state index contributed by atoms with van der Waals surface area (Å²) < 4.78 is 0. The molecule has 0 aromatic heterocycles. The molecule has 16 heavy (non-hydrogen) atoms. The fourth-order valence-electron chi connectivity index (χ4n) is 1.78. The van der Waals surface area contributed by atoms with Crippen LogP contribution in [0.1, 0.15) is 6.42 Å². The molecule has 0 radical (unpaired) electrons. The predicted octanol–water partition coefficient (Wildman–Crippen LogP) is 2.54. The molecule has 3 nitrogen and oxygen atoms in total. The SMILES string of the molecule is C1=CN=CC2=CC3=CCC=NC3=CN2C=C1. The topological polar surface area (TPSA) is 28.0 Å². The molecule has 0 saturated heterocycles. The van der Waals surface area contributed by atoms with Crippen molar-refractivity contribution in [3.8, 4) is 0 Å². The Morgan fingerprint density at radius 1 is 1.25 bits per heavy atom. The number of hydrogen-bond acceptors (Lipinski definition) is 3.